The van der Waals surface area contributed by atoms with Crippen LogP contribution in [0.2, 0.25) is 5.02 Å². The van der Waals surface area contributed by atoms with E-state index in [0.29, 0.717) is 28.9 Å². The normalized spacial score (nSPS) is 12.7. The summed E-state index contributed by atoms with van der Waals surface area (Å²) in [5.41, 5.74) is 6.82. The Hall–Kier alpha value is -1.59. The van der Waals surface area contributed by atoms with Gasteiger partial charge in [0.25, 0.3) is 5.89 Å². The van der Waals surface area contributed by atoms with Crippen LogP contribution in [0.25, 0.3) is 0 Å². The van der Waals surface area contributed by atoms with Gasteiger partial charge in [0, 0.05) is 12.0 Å². The molecule has 114 valence electrons. The van der Waals surface area contributed by atoms with E-state index in [1.165, 1.54) is 0 Å². The van der Waals surface area contributed by atoms with Gasteiger partial charge in [0.05, 0.1) is 5.02 Å². The van der Waals surface area contributed by atoms with E-state index in [9.17, 15) is 0 Å². The van der Waals surface area contributed by atoms with Crippen LogP contribution in [-0.2, 0) is 13.0 Å². The molecule has 0 fully saturated rings. The molecule has 0 saturated carbocycles. The molecule has 0 bridgehead atoms. The maximum absolute atomic E-state index is 6.20. The van der Waals surface area contributed by atoms with Crippen LogP contribution in [0, 0.1) is 0 Å². The van der Waals surface area contributed by atoms with Gasteiger partial charge >= 0.3 is 0 Å². The summed E-state index contributed by atoms with van der Waals surface area (Å²) in [5.74, 6) is 1.95. The van der Waals surface area contributed by atoms with Crippen LogP contribution in [-0.4, -0.2) is 16.2 Å². The highest BCUT2D eigenvalue weighted by molar-refractivity contribution is 6.32. The van der Waals surface area contributed by atoms with Crippen molar-refractivity contribution in [3.8, 4) is 5.75 Å². The van der Waals surface area contributed by atoms with Gasteiger partial charge in [0.15, 0.2) is 12.4 Å². The SMILES string of the molecule is CC(N)Cc1cccc(Cl)c1OCc1nc(C(C)C)no1. The van der Waals surface area contributed by atoms with Crippen molar-refractivity contribution in [3.05, 3.63) is 40.5 Å². The smallest absolute Gasteiger partial charge is 0.264 e. The number of para-hydroxylation sites is 1. The lowest BCUT2D eigenvalue weighted by molar-refractivity contribution is 0.240. The molecular formula is C15H20ClN3O2. The lowest BCUT2D eigenvalue weighted by Crippen LogP contribution is -2.18. The number of rotatable bonds is 6. The largest absolute Gasteiger partial charge is 0.482 e. The highest BCUT2D eigenvalue weighted by Gasteiger charge is 2.14. The molecule has 1 aromatic carbocycles. The predicted octanol–water partition coefficient (Wildman–Crippen LogP) is 3.32. The third-order valence-corrected chi connectivity index (χ3v) is 3.23. The van der Waals surface area contributed by atoms with E-state index in [2.05, 4.69) is 10.1 Å². The first-order valence-electron chi connectivity index (χ1n) is 6.95. The van der Waals surface area contributed by atoms with Crippen LogP contribution < -0.4 is 10.5 Å². The van der Waals surface area contributed by atoms with Crippen LogP contribution in [0.3, 0.4) is 0 Å². The fourth-order valence-corrected chi connectivity index (χ4v) is 2.17. The highest BCUT2D eigenvalue weighted by atomic mass is 35.5. The molecular weight excluding hydrogens is 290 g/mol. The molecule has 0 aliphatic heterocycles. The minimum Gasteiger partial charge on any atom is -0.482 e. The number of halogens is 1. The molecule has 0 spiro atoms. The molecule has 0 aliphatic rings. The molecule has 0 saturated heterocycles. The Labute approximate surface area is 129 Å². The van der Waals surface area contributed by atoms with E-state index in [1.54, 1.807) is 6.07 Å². The van der Waals surface area contributed by atoms with E-state index in [1.807, 2.05) is 32.9 Å². The van der Waals surface area contributed by atoms with Gasteiger partial charge in [0.2, 0.25) is 0 Å². The average Bonchev–Trinajstić information content (AvgIpc) is 2.86. The van der Waals surface area contributed by atoms with Gasteiger partial charge in [-0.15, -0.1) is 0 Å². The van der Waals surface area contributed by atoms with Crippen molar-refractivity contribution in [2.24, 2.45) is 5.73 Å². The molecule has 1 aromatic heterocycles. The number of nitrogens with two attached hydrogens (primary N) is 1. The fourth-order valence-electron chi connectivity index (χ4n) is 1.92. The number of hydrogen-bond donors (Lipinski definition) is 1. The van der Waals surface area contributed by atoms with Gasteiger partial charge in [0.1, 0.15) is 5.75 Å². The summed E-state index contributed by atoms with van der Waals surface area (Å²) < 4.78 is 10.9. The third-order valence-electron chi connectivity index (χ3n) is 2.93. The quantitative estimate of drug-likeness (QED) is 0.886. The molecule has 2 rings (SSSR count). The van der Waals surface area contributed by atoms with Crippen LogP contribution in [0.5, 0.6) is 5.75 Å². The van der Waals surface area contributed by atoms with Gasteiger partial charge in [-0.3, -0.25) is 0 Å². The molecule has 1 atom stereocenters. The standard InChI is InChI=1S/C15H20ClN3O2/c1-9(2)15-18-13(21-19-15)8-20-14-11(7-10(3)17)5-4-6-12(14)16/h4-6,9-10H,7-8,17H2,1-3H3. The fraction of sp³-hybridized carbons (Fsp3) is 0.467. The third kappa shape index (κ3) is 4.19. The Morgan fingerprint density at radius 2 is 2.10 bits per heavy atom. The zero-order chi connectivity index (χ0) is 15.4. The van der Waals surface area contributed by atoms with Gasteiger partial charge in [-0.25, -0.2) is 0 Å². The van der Waals surface area contributed by atoms with E-state index < -0.39 is 0 Å². The van der Waals surface area contributed by atoms with Crippen molar-refractivity contribution in [2.75, 3.05) is 0 Å². The van der Waals surface area contributed by atoms with E-state index in [0.717, 1.165) is 5.56 Å². The zero-order valence-electron chi connectivity index (χ0n) is 12.5. The van der Waals surface area contributed by atoms with Crippen molar-refractivity contribution >= 4 is 11.6 Å². The number of benzene rings is 1. The summed E-state index contributed by atoms with van der Waals surface area (Å²) in [6.45, 7) is 6.14. The van der Waals surface area contributed by atoms with E-state index >= 15 is 0 Å². The minimum atomic E-state index is 0.0294. The second kappa shape index (κ2) is 6.91. The van der Waals surface area contributed by atoms with Crippen molar-refractivity contribution in [1.29, 1.82) is 0 Å². The Balaban J connectivity index is 2.11. The van der Waals surface area contributed by atoms with Crippen molar-refractivity contribution in [2.45, 2.75) is 45.8 Å². The first-order chi connectivity index (χ1) is 9.97. The number of ether oxygens (including phenoxy) is 1. The molecule has 0 amide bonds. The Kier molecular flexibility index (Phi) is 5.20. The molecule has 6 heteroatoms. The summed E-state index contributed by atoms with van der Waals surface area (Å²) in [7, 11) is 0. The maximum atomic E-state index is 6.20. The summed E-state index contributed by atoms with van der Waals surface area (Å²) in [5, 5.41) is 4.45. The summed E-state index contributed by atoms with van der Waals surface area (Å²) in [6.07, 6.45) is 0.691. The molecule has 0 radical (unpaired) electrons. The molecule has 2 N–H and O–H groups in total. The van der Waals surface area contributed by atoms with Gasteiger partial charge in [-0.05, 0) is 25.0 Å². The lowest BCUT2D eigenvalue weighted by atomic mass is 10.1. The van der Waals surface area contributed by atoms with Crippen molar-refractivity contribution < 1.29 is 9.26 Å². The second-order valence-electron chi connectivity index (χ2n) is 5.40. The van der Waals surface area contributed by atoms with Gasteiger partial charge < -0.3 is 15.0 Å². The minimum absolute atomic E-state index is 0.0294. The Morgan fingerprint density at radius 3 is 2.71 bits per heavy atom. The summed E-state index contributed by atoms with van der Waals surface area (Å²) in [4.78, 5) is 4.27. The summed E-state index contributed by atoms with van der Waals surface area (Å²) >= 11 is 6.20. The molecule has 1 heterocycles. The zero-order valence-corrected chi connectivity index (χ0v) is 13.2. The molecule has 21 heavy (non-hydrogen) atoms. The molecule has 5 nitrogen and oxygen atoms in total. The number of aromatic nitrogens is 2. The lowest BCUT2D eigenvalue weighted by Gasteiger charge is -2.13. The maximum Gasteiger partial charge on any atom is 0.264 e. The van der Waals surface area contributed by atoms with E-state index in [4.69, 9.17) is 26.6 Å². The topological polar surface area (TPSA) is 74.2 Å². The summed E-state index contributed by atoms with van der Waals surface area (Å²) in [6, 6.07) is 5.66. The molecule has 0 aliphatic carbocycles. The van der Waals surface area contributed by atoms with Crippen LogP contribution in [0.15, 0.2) is 22.7 Å². The predicted molar refractivity (Wildman–Crippen MR) is 81.5 cm³/mol. The number of nitrogens with zero attached hydrogens (tertiary/aromatic N) is 2. The first kappa shape index (κ1) is 15.8. The van der Waals surface area contributed by atoms with Crippen LogP contribution in [0.1, 0.15) is 44.0 Å². The van der Waals surface area contributed by atoms with Gasteiger partial charge in [-0.1, -0.05) is 42.7 Å². The molecule has 2 aromatic rings. The van der Waals surface area contributed by atoms with Crippen molar-refractivity contribution in [3.63, 3.8) is 0 Å². The Morgan fingerprint density at radius 1 is 1.33 bits per heavy atom. The molecule has 1 unspecified atom stereocenters. The van der Waals surface area contributed by atoms with Crippen LogP contribution >= 0.6 is 11.6 Å². The second-order valence-corrected chi connectivity index (χ2v) is 5.81. The van der Waals surface area contributed by atoms with Gasteiger partial charge in [-0.2, -0.15) is 4.98 Å². The monoisotopic (exact) mass is 309 g/mol. The van der Waals surface area contributed by atoms with Crippen molar-refractivity contribution in [1.82, 2.24) is 10.1 Å². The number of hydrogen-bond acceptors (Lipinski definition) is 5. The highest BCUT2D eigenvalue weighted by Crippen LogP contribution is 2.30. The first-order valence-corrected chi connectivity index (χ1v) is 7.33. The van der Waals surface area contributed by atoms with E-state index in [-0.39, 0.29) is 18.6 Å². The Bertz CT molecular complexity index is 596. The van der Waals surface area contributed by atoms with Crippen LogP contribution in [0.4, 0.5) is 0 Å². The average molecular weight is 310 g/mol.